The number of carbonyl (C=O) groups is 1. The molecule has 1 saturated heterocycles. The topological polar surface area (TPSA) is 53.4 Å². The molecule has 2 aromatic carbocycles. The molecule has 6 rings (SSSR count). The summed E-state index contributed by atoms with van der Waals surface area (Å²) in [6.07, 6.45) is 6.09. The van der Waals surface area contributed by atoms with Crippen LogP contribution in [0, 0.1) is 13.8 Å². The number of aromatic nitrogens is 2. The first-order valence-electron chi connectivity index (χ1n) is 14.2. The van der Waals surface area contributed by atoms with Crippen LogP contribution in [-0.4, -0.2) is 46.5 Å². The maximum absolute atomic E-state index is 13.9. The third kappa shape index (κ3) is 5.33. The summed E-state index contributed by atoms with van der Waals surface area (Å²) in [6.45, 7) is 7.41. The van der Waals surface area contributed by atoms with Gasteiger partial charge in [-0.25, -0.2) is 4.98 Å². The van der Waals surface area contributed by atoms with E-state index in [4.69, 9.17) is 4.98 Å². The maximum atomic E-state index is 13.9. The van der Waals surface area contributed by atoms with Gasteiger partial charge in [0, 0.05) is 54.7 Å². The Balaban J connectivity index is 1.27. The molecule has 1 aliphatic carbocycles. The third-order valence-electron chi connectivity index (χ3n) is 8.30. The fourth-order valence-corrected chi connectivity index (χ4v) is 6.82. The number of aryl methyl sites for hydroxylation is 1. The highest BCUT2D eigenvalue weighted by Crippen LogP contribution is 2.38. The van der Waals surface area contributed by atoms with E-state index < -0.39 is 0 Å². The van der Waals surface area contributed by atoms with Gasteiger partial charge < -0.3 is 19.7 Å². The number of thiazole rings is 1. The zero-order valence-electron chi connectivity index (χ0n) is 22.9. The highest BCUT2D eigenvalue weighted by atomic mass is 32.1. The smallest absolute Gasteiger partial charge is 0.255 e. The number of rotatable bonds is 6. The first-order chi connectivity index (χ1) is 19.1. The Bertz CT molecular complexity index is 1430. The number of nitrogens with one attached hydrogen (secondary N) is 1. The van der Waals surface area contributed by atoms with Gasteiger partial charge in [0.05, 0.1) is 17.0 Å². The van der Waals surface area contributed by atoms with Gasteiger partial charge in [0.25, 0.3) is 5.91 Å². The molecular formula is C32H37N5OS. The highest BCUT2D eigenvalue weighted by Gasteiger charge is 2.29. The van der Waals surface area contributed by atoms with Crippen molar-refractivity contribution in [3.8, 4) is 11.4 Å². The lowest BCUT2D eigenvalue weighted by Crippen LogP contribution is -2.48. The Kier molecular flexibility index (Phi) is 7.42. The number of anilines is 3. The minimum absolute atomic E-state index is 0.143. The second-order valence-electron chi connectivity index (χ2n) is 10.8. The molecule has 0 radical (unpaired) electrons. The van der Waals surface area contributed by atoms with Gasteiger partial charge in [0.2, 0.25) is 0 Å². The average molecular weight is 540 g/mol. The van der Waals surface area contributed by atoms with Crippen molar-refractivity contribution in [2.75, 3.05) is 36.4 Å². The lowest BCUT2D eigenvalue weighted by Gasteiger charge is -2.36. The SMILES string of the molecule is Cc1ccccc1Nc1nc(-c2cc(C(=O)N3CCN(c4ccccc4)CC3)c(C)n2C2CCCCC2)cs1. The van der Waals surface area contributed by atoms with Gasteiger partial charge >= 0.3 is 0 Å². The zero-order valence-corrected chi connectivity index (χ0v) is 23.7. The summed E-state index contributed by atoms with van der Waals surface area (Å²) in [5, 5.41) is 6.49. The molecule has 1 N–H and O–H groups in total. The molecule has 2 aliphatic rings. The highest BCUT2D eigenvalue weighted by molar-refractivity contribution is 7.14. The van der Waals surface area contributed by atoms with E-state index in [2.05, 4.69) is 76.5 Å². The molecule has 0 spiro atoms. The van der Waals surface area contributed by atoms with Gasteiger partial charge in [-0.05, 0) is 56.5 Å². The van der Waals surface area contributed by atoms with Crippen LogP contribution in [0.25, 0.3) is 11.4 Å². The predicted octanol–water partition coefficient (Wildman–Crippen LogP) is 7.44. The van der Waals surface area contributed by atoms with E-state index in [1.54, 1.807) is 11.3 Å². The number of hydrogen-bond acceptors (Lipinski definition) is 5. The van der Waals surface area contributed by atoms with Crippen LogP contribution in [0.1, 0.15) is 59.8 Å². The van der Waals surface area contributed by atoms with Crippen LogP contribution in [0.2, 0.25) is 0 Å². The standard InChI is InChI=1S/C32H37N5OS/c1-23-11-9-10-16-28(23)33-32-34-29(22-39-32)30-21-27(24(2)37(30)26-14-7-4-8-15-26)31(38)36-19-17-35(18-20-36)25-12-5-3-6-13-25/h3,5-6,9-13,16,21-22,26H,4,7-8,14-15,17-20H2,1-2H3,(H,33,34). The number of nitrogens with zero attached hydrogens (tertiary/aromatic N) is 4. The minimum atomic E-state index is 0.143. The second kappa shape index (κ2) is 11.3. The number of hydrogen-bond donors (Lipinski definition) is 1. The normalized spacial score (nSPS) is 16.5. The van der Waals surface area contributed by atoms with E-state index in [0.717, 1.165) is 72.5 Å². The van der Waals surface area contributed by atoms with Gasteiger partial charge in [-0.3, -0.25) is 4.79 Å². The summed E-state index contributed by atoms with van der Waals surface area (Å²) in [7, 11) is 0. The van der Waals surface area contributed by atoms with E-state index in [1.165, 1.54) is 30.5 Å². The maximum Gasteiger partial charge on any atom is 0.255 e. The Hall–Kier alpha value is -3.58. The van der Waals surface area contributed by atoms with Crippen LogP contribution in [0.15, 0.2) is 66.0 Å². The summed E-state index contributed by atoms with van der Waals surface area (Å²) in [5.41, 5.74) is 7.40. The van der Waals surface area contributed by atoms with E-state index in [1.807, 2.05) is 23.1 Å². The van der Waals surface area contributed by atoms with Crippen LogP contribution < -0.4 is 10.2 Å². The number of amides is 1. The Labute approximate surface area is 235 Å². The zero-order chi connectivity index (χ0) is 26.8. The fraction of sp³-hybridized carbons (Fsp3) is 0.375. The molecule has 2 fully saturated rings. The van der Waals surface area contributed by atoms with E-state index in [-0.39, 0.29) is 5.91 Å². The van der Waals surface area contributed by atoms with E-state index in [0.29, 0.717) is 6.04 Å². The van der Waals surface area contributed by atoms with E-state index in [9.17, 15) is 4.79 Å². The monoisotopic (exact) mass is 539 g/mol. The summed E-state index contributed by atoms with van der Waals surface area (Å²) in [4.78, 5) is 23.3. The summed E-state index contributed by atoms with van der Waals surface area (Å²) >= 11 is 1.62. The lowest BCUT2D eigenvalue weighted by atomic mass is 9.95. The first-order valence-corrected chi connectivity index (χ1v) is 15.1. The first kappa shape index (κ1) is 25.7. The van der Waals surface area contributed by atoms with Crippen molar-refractivity contribution < 1.29 is 4.79 Å². The number of benzene rings is 2. The predicted molar refractivity (Wildman–Crippen MR) is 161 cm³/mol. The number of piperazine rings is 1. The Morgan fingerprint density at radius 1 is 0.923 bits per heavy atom. The largest absolute Gasteiger partial charge is 0.368 e. The molecule has 0 unspecified atom stereocenters. The van der Waals surface area contributed by atoms with Gasteiger partial charge in [-0.15, -0.1) is 11.3 Å². The van der Waals surface area contributed by atoms with Crippen molar-refractivity contribution in [3.05, 3.63) is 82.9 Å². The molecule has 2 aromatic heterocycles. The van der Waals surface area contributed by atoms with Gasteiger partial charge in [-0.2, -0.15) is 0 Å². The summed E-state index contributed by atoms with van der Waals surface area (Å²) < 4.78 is 2.43. The van der Waals surface area contributed by atoms with Crippen molar-refractivity contribution in [3.63, 3.8) is 0 Å². The molecule has 0 atom stereocenters. The number of carbonyl (C=O) groups excluding carboxylic acids is 1. The molecule has 4 aromatic rings. The molecule has 3 heterocycles. The molecule has 1 amide bonds. The number of para-hydroxylation sites is 2. The van der Waals surface area contributed by atoms with Gasteiger partial charge in [0.1, 0.15) is 0 Å². The Morgan fingerprint density at radius 3 is 2.38 bits per heavy atom. The quantitative estimate of drug-likeness (QED) is 0.277. The Morgan fingerprint density at radius 2 is 1.64 bits per heavy atom. The molecule has 1 saturated carbocycles. The lowest BCUT2D eigenvalue weighted by molar-refractivity contribution is 0.0745. The van der Waals surface area contributed by atoms with Crippen LogP contribution >= 0.6 is 11.3 Å². The second-order valence-corrected chi connectivity index (χ2v) is 11.6. The van der Waals surface area contributed by atoms with Crippen molar-refractivity contribution in [2.24, 2.45) is 0 Å². The average Bonchev–Trinajstić information content (AvgIpc) is 3.59. The van der Waals surface area contributed by atoms with Crippen LogP contribution in [0.3, 0.4) is 0 Å². The summed E-state index contributed by atoms with van der Waals surface area (Å²) in [5.74, 6) is 0.143. The van der Waals surface area contributed by atoms with Crippen molar-refractivity contribution in [1.29, 1.82) is 0 Å². The molecule has 1 aliphatic heterocycles. The van der Waals surface area contributed by atoms with Crippen molar-refractivity contribution in [2.45, 2.75) is 52.0 Å². The molecule has 0 bridgehead atoms. The third-order valence-corrected chi connectivity index (χ3v) is 9.06. The van der Waals surface area contributed by atoms with Crippen molar-refractivity contribution in [1.82, 2.24) is 14.5 Å². The fourth-order valence-electron chi connectivity index (χ4n) is 6.10. The summed E-state index contributed by atoms with van der Waals surface area (Å²) in [6, 6.07) is 21.3. The van der Waals surface area contributed by atoms with E-state index >= 15 is 0 Å². The molecule has 6 nitrogen and oxygen atoms in total. The van der Waals surface area contributed by atoms with Crippen molar-refractivity contribution >= 4 is 33.8 Å². The molecule has 39 heavy (non-hydrogen) atoms. The van der Waals surface area contributed by atoms with Crippen LogP contribution in [0.5, 0.6) is 0 Å². The molecule has 202 valence electrons. The molecular weight excluding hydrogens is 502 g/mol. The molecule has 7 heteroatoms. The van der Waals surface area contributed by atoms with Crippen LogP contribution in [0.4, 0.5) is 16.5 Å². The van der Waals surface area contributed by atoms with Gasteiger partial charge in [0.15, 0.2) is 5.13 Å². The van der Waals surface area contributed by atoms with Gasteiger partial charge in [-0.1, -0.05) is 55.7 Å². The van der Waals surface area contributed by atoms with Crippen LogP contribution in [-0.2, 0) is 0 Å². The minimum Gasteiger partial charge on any atom is -0.368 e.